The van der Waals surface area contributed by atoms with Crippen molar-refractivity contribution in [1.82, 2.24) is 0 Å². The first-order valence-electron chi connectivity index (χ1n) is 7.96. The maximum atomic E-state index is 12.0. The molecule has 0 spiro atoms. The van der Waals surface area contributed by atoms with Crippen molar-refractivity contribution in [1.29, 1.82) is 0 Å². The molecular weight excluding hydrogens is 367 g/mol. The van der Waals surface area contributed by atoms with E-state index in [1.165, 1.54) is 0 Å². The van der Waals surface area contributed by atoms with Gasteiger partial charge in [0.05, 0.1) is 0 Å². The first-order chi connectivity index (χ1) is 11.4. The molecule has 0 radical (unpaired) electrons. The number of unbranched alkanes of at least 4 members (excludes halogenated alkanes) is 3. The molecule has 130 valence electrons. The molecule has 0 aliphatic carbocycles. The monoisotopic (exact) mass is 388 g/mol. The Morgan fingerprint density at radius 3 is 2.32 bits per heavy atom. The van der Waals surface area contributed by atoms with Gasteiger partial charge in [-0.3, -0.25) is 4.55 Å². The zero-order valence-electron chi connectivity index (χ0n) is 14.6. The SMILES string of the molecule is CCCCCCc1ccc([O-])c(S(=O)(=O)O)c1Oc1ccccc1.[K+]. The summed E-state index contributed by atoms with van der Waals surface area (Å²) in [5.74, 6) is -0.448. The second-order valence-corrected chi connectivity index (χ2v) is 6.94. The van der Waals surface area contributed by atoms with Crippen LogP contribution >= 0.6 is 0 Å². The van der Waals surface area contributed by atoms with Crippen LogP contribution in [0.5, 0.6) is 17.2 Å². The third-order valence-corrected chi connectivity index (χ3v) is 4.58. The van der Waals surface area contributed by atoms with Crippen LogP contribution < -0.4 is 61.2 Å². The molecule has 0 aliphatic rings. The summed E-state index contributed by atoms with van der Waals surface area (Å²) in [5.41, 5.74) is 0.599. The van der Waals surface area contributed by atoms with Gasteiger partial charge < -0.3 is 9.84 Å². The largest absolute Gasteiger partial charge is 1.00 e. The fourth-order valence-electron chi connectivity index (χ4n) is 2.49. The summed E-state index contributed by atoms with van der Waals surface area (Å²) in [7, 11) is -4.68. The Labute approximate surface area is 191 Å². The van der Waals surface area contributed by atoms with Crippen molar-refractivity contribution in [2.45, 2.75) is 43.9 Å². The van der Waals surface area contributed by atoms with E-state index in [0.717, 1.165) is 31.7 Å². The quantitative estimate of drug-likeness (QED) is 0.413. The van der Waals surface area contributed by atoms with E-state index in [-0.39, 0.29) is 57.1 Å². The molecule has 25 heavy (non-hydrogen) atoms. The molecule has 2 aromatic carbocycles. The summed E-state index contributed by atoms with van der Waals surface area (Å²) >= 11 is 0. The number of hydrogen-bond acceptors (Lipinski definition) is 4. The molecule has 0 aromatic heterocycles. The van der Waals surface area contributed by atoms with E-state index < -0.39 is 20.8 Å². The molecule has 2 rings (SSSR count). The normalized spacial score (nSPS) is 11.0. The van der Waals surface area contributed by atoms with Crippen LogP contribution in [0.1, 0.15) is 38.2 Å². The van der Waals surface area contributed by atoms with Crippen LogP contribution in [-0.4, -0.2) is 13.0 Å². The van der Waals surface area contributed by atoms with Gasteiger partial charge in [-0.25, -0.2) is 0 Å². The average Bonchev–Trinajstić information content (AvgIpc) is 2.53. The Morgan fingerprint density at radius 1 is 1.04 bits per heavy atom. The van der Waals surface area contributed by atoms with E-state index in [4.69, 9.17) is 4.74 Å². The van der Waals surface area contributed by atoms with E-state index in [0.29, 0.717) is 17.7 Å². The first kappa shape index (κ1) is 22.6. The summed E-state index contributed by atoms with van der Waals surface area (Å²) in [6.07, 6.45) is 4.59. The van der Waals surface area contributed by atoms with Gasteiger partial charge in [0.2, 0.25) is 0 Å². The first-order valence-corrected chi connectivity index (χ1v) is 9.40. The number of ether oxygens (including phenoxy) is 1. The number of aryl methyl sites for hydroxylation is 1. The van der Waals surface area contributed by atoms with Crippen LogP contribution in [0.15, 0.2) is 47.4 Å². The zero-order valence-corrected chi connectivity index (χ0v) is 18.5. The van der Waals surface area contributed by atoms with E-state index >= 15 is 0 Å². The summed E-state index contributed by atoms with van der Waals surface area (Å²) < 4.78 is 38.5. The Hall–Kier alpha value is -0.414. The maximum Gasteiger partial charge on any atom is 1.00 e. The topological polar surface area (TPSA) is 86.7 Å². The minimum Gasteiger partial charge on any atom is -0.871 e. The molecule has 0 saturated heterocycles. The second-order valence-electron chi connectivity index (χ2n) is 5.58. The predicted molar refractivity (Wildman–Crippen MR) is 90.1 cm³/mol. The average molecular weight is 389 g/mol. The molecule has 5 nitrogen and oxygen atoms in total. The number of hydrogen-bond donors (Lipinski definition) is 1. The van der Waals surface area contributed by atoms with Crippen molar-refractivity contribution in [3.05, 3.63) is 48.0 Å². The molecular formula is C18H21KO5S. The van der Waals surface area contributed by atoms with Gasteiger partial charge >= 0.3 is 51.4 Å². The standard InChI is InChI=1S/C18H22O5S.K/c1-2-3-4-6-9-14-12-13-16(19)18(24(20,21)22)17(14)23-15-10-7-5-8-11-15;/h5,7-8,10-13,19H,2-4,6,9H2,1H3,(H,20,21,22);/q;+1/p-1. The van der Waals surface area contributed by atoms with Crippen molar-refractivity contribution < 1.29 is 74.2 Å². The molecule has 0 unspecified atom stereocenters. The fourth-order valence-corrected chi connectivity index (χ4v) is 3.22. The van der Waals surface area contributed by atoms with Gasteiger partial charge in [-0.05, 0) is 30.5 Å². The van der Waals surface area contributed by atoms with Crippen LogP contribution in [0.3, 0.4) is 0 Å². The second kappa shape index (κ2) is 10.7. The van der Waals surface area contributed by atoms with Crippen LogP contribution in [0, 0.1) is 0 Å². The van der Waals surface area contributed by atoms with Crippen LogP contribution in [0.4, 0.5) is 0 Å². The van der Waals surface area contributed by atoms with E-state index in [9.17, 15) is 18.1 Å². The summed E-state index contributed by atoms with van der Waals surface area (Å²) in [6, 6.07) is 11.3. The predicted octanol–water partition coefficient (Wildman–Crippen LogP) is 0.926. The van der Waals surface area contributed by atoms with Crippen molar-refractivity contribution in [3.8, 4) is 17.2 Å². The Kier molecular flexibility index (Phi) is 9.65. The van der Waals surface area contributed by atoms with Gasteiger partial charge in [0.25, 0.3) is 10.1 Å². The van der Waals surface area contributed by atoms with Crippen molar-refractivity contribution in [2.24, 2.45) is 0 Å². The molecule has 0 heterocycles. The molecule has 0 aliphatic heterocycles. The minimum atomic E-state index is -4.68. The Morgan fingerprint density at radius 2 is 1.72 bits per heavy atom. The van der Waals surface area contributed by atoms with E-state index in [1.807, 2.05) is 0 Å². The zero-order chi connectivity index (χ0) is 17.6. The van der Waals surface area contributed by atoms with Gasteiger partial charge in [0.1, 0.15) is 10.6 Å². The van der Waals surface area contributed by atoms with Crippen LogP contribution in [0.2, 0.25) is 0 Å². The maximum absolute atomic E-state index is 12.0. The number of rotatable bonds is 8. The van der Waals surface area contributed by atoms with Crippen molar-refractivity contribution in [2.75, 3.05) is 0 Å². The molecule has 0 saturated carbocycles. The molecule has 0 amide bonds. The van der Waals surface area contributed by atoms with Crippen LogP contribution in [-0.2, 0) is 16.5 Å². The number of benzene rings is 2. The van der Waals surface area contributed by atoms with Gasteiger partial charge in [-0.1, -0.05) is 62.3 Å². The van der Waals surface area contributed by atoms with Gasteiger partial charge in [0.15, 0.2) is 5.75 Å². The summed E-state index contributed by atoms with van der Waals surface area (Å²) in [6.45, 7) is 2.10. The molecule has 2 aromatic rings. The Bertz CT molecular complexity index is 776. The molecule has 1 N–H and O–H groups in total. The van der Waals surface area contributed by atoms with Gasteiger partial charge in [-0.15, -0.1) is 0 Å². The molecule has 0 fully saturated rings. The third-order valence-electron chi connectivity index (χ3n) is 3.68. The van der Waals surface area contributed by atoms with Gasteiger partial charge in [0, 0.05) is 0 Å². The molecule has 7 heteroatoms. The number of para-hydroxylation sites is 1. The van der Waals surface area contributed by atoms with E-state index in [1.54, 1.807) is 36.4 Å². The smallest absolute Gasteiger partial charge is 0.871 e. The van der Waals surface area contributed by atoms with Gasteiger partial charge in [-0.2, -0.15) is 8.42 Å². The summed E-state index contributed by atoms with van der Waals surface area (Å²) in [5, 5.41) is 12.0. The molecule has 0 atom stereocenters. The van der Waals surface area contributed by atoms with Crippen molar-refractivity contribution >= 4 is 10.1 Å². The minimum absolute atomic E-state index is 0. The fraction of sp³-hybridized carbons (Fsp3) is 0.333. The molecule has 0 bridgehead atoms. The van der Waals surface area contributed by atoms with Crippen LogP contribution in [0.25, 0.3) is 0 Å². The summed E-state index contributed by atoms with van der Waals surface area (Å²) in [4.78, 5) is -0.695. The third kappa shape index (κ3) is 6.67. The van der Waals surface area contributed by atoms with Crippen molar-refractivity contribution in [3.63, 3.8) is 0 Å². The van der Waals surface area contributed by atoms with E-state index in [2.05, 4.69) is 6.92 Å². The Balaban J connectivity index is 0.00000312.